The highest BCUT2D eigenvalue weighted by molar-refractivity contribution is 5.89. The van der Waals surface area contributed by atoms with Gasteiger partial charge in [0, 0.05) is 18.5 Å². The second-order valence-corrected chi connectivity index (χ2v) is 6.33. The van der Waals surface area contributed by atoms with Crippen molar-refractivity contribution >= 4 is 28.5 Å². The highest BCUT2D eigenvalue weighted by Gasteiger charge is 2.29. The van der Waals surface area contributed by atoms with Crippen molar-refractivity contribution in [2.45, 2.75) is 26.2 Å². The van der Waals surface area contributed by atoms with Crippen LogP contribution in [0.4, 0.5) is 5.69 Å². The fourth-order valence-electron chi connectivity index (χ4n) is 3.23. The average molecular weight is 341 g/mol. The van der Waals surface area contributed by atoms with E-state index in [4.69, 9.17) is 10.5 Å². The number of amides is 1. The van der Waals surface area contributed by atoms with Crippen LogP contribution in [0.3, 0.4) is 0 Å². The molecule has 25 heavy (non-hydrogen) atoms. The number of nitrogens with zero attached hydrogens (tertiary/aromatic N) is 2. The highest BCUT2D eigenvalue weighted by Crippen LogP contribution is 2.21. The summed E-state index contributed by atoms with van der Waals surface area (Å²) in [5.41, 5.74) is 7.98. The molecule has 0 spiro atoms. The molecule has 6 heteroatoms. The second kappa shape index (κ2) is 7.51. The molecule has 0 radical (unpaired) electrons. The number of likely N-dealkylation sites (tertiary alicyclic amines) is 1. The first-order chi connectivity index (χ1) is 12.1. The molecule has 2 N–H and O–H groups in total. The largest absolute Gasteiger partial charge is 0.466 e. The summed E-state index contributed by atoms with van der Waals surface area (Å²) < 4.78 is 5.09. The Labute approximate surface area is 147 Å². The smallest absolute Gasteiger partial charge is 0.310 e. The van der Waals surface area contributed by atoms with Crippen LogP contribution in [0.2, 0.25) is 0 Å². The van der Waals surface area contributed by atoms with Gasteiger partial charge in [-0.2, -0.15) is 0 Å². The van der Waals surface area contributed by atoms with E-state index in [0.29, 0.717) is 31.1 Å². The summed E-state index contributed by atoms with van der Waals surface area (Å²) in [4.78, 5) is 30.8. The van der Waals surface area contributed by atoms with Gasteiger partial charge < -0.3 is 15.4 Å². The fourth-order valence-corrected chi connectivity index (χ4v) is 3.23. The number of rotatable bonds is 4. The van der Waals surface area contributed by atoms with Crippen molar-refractivity contribution in [1.29, 1.82) is 0 Å². The Hall–Kier alpha value is -2.63. The number of para-hydroxylation sites is 1. The van der Waals surface area contributed by atoms with E-state index in [1.54, 1.807) is 17.9 Å². The number of anilines is 1. The maximum atomic E-state index is 12.6. The standard InChI is InChI=1S/C19H23N3O3/c1-2-25-19(24)14-6-4-10-22(12-14)17(23)11-15-9-8-13-5-3-7-16(20)18(13)21-15/h3,5,7-9,14H,2,4,6,10-12,20H2,1H3. The van der Waals surface area contributed by atoms with Crippen LogP contribution in [0.5, 0.6) is 0 Å². The fraction of sp³-hybridized carbons (Fsp3) is 0.421. The molecule has 3 rings (SSSR count). The maximum absolute atomic E-state index is 12.6. The first-order valence-corrected chi connectivity index (χ1v) is 8.67. The van der Waals surface area contributed by atoms with E-state index in [1.165, 1.54) is 0 Å². The van der Waals surface area contributed by atoms with Crippen LogP contribution < -0.4 is 5.73 Å². The predicted octanol–water partition coefficient (Wildman–Crippen LogP) is 2.16. The summed E-state index contributed by atoms with van der Waals surface area (Å²) in [5.74, 6) is -0.454. The maximum Gasteiger partial charge on any atom is 0.310 e. The summed E-state index contributed by atoms with van der Waals surface area (Å²) in [6.45, 7) is 3.25. The molecule has 1 aromatic heterocycles. The van der Waals surface area contributed by atoms with Crippen molar-refractivity contribution in [3.8, 4) is 0 Å². The Morgan fingerprint density at radius 3 is 2.96 bits per heavy atom. The zero-order chi connectivity index (χ0) is 17.8. The number of piperidine rings is 1. The zero-order valence-electron chi connectivity index (χ0n) is 14.4. The minimum atomic E-state index is -0.224. The molecule has 0 aliphatic carbocycles. The van der Waals surface area contributed by atoms with E-state index in [0.717, 1.165) is 23.7 Å². The van der Waals surface area contributed by atoms with Gasteiger partial charge in [-0.05, 0) is 31.9 Å². The summed E-state index contributed by atoms with van der Waals surface area (Å²) in [5, 5.41) is 0.955. The van der Waals surface area contributed by atoms with Crippen molar-refractivity contribution in [3.63, 3.8) is 0 Å². The molecule has 1 aromatic carbocycles. The number of carbonyl (C=O) groups is 2. The van der Waals surface area contributed by atoms with Crippen molar-refractivity contribution in [2.24, 2.45) is 5.92 Å². The lowest BCUT2D eigenvalue weighted by Crippen LogP contribution is -2.43. The van der Waals surface area contributed by atoms with Crippen LogP contribution in [-0.4, -0.2) is 41.5 Å². The van der Waals surface area contributed by atoms with Crippen LogP contribution in [0.15, 0.2) is 30.3 Å². The summed E-state index contributed by atoms with van der Waals surface area (Å²) in [6.07, 6.45) is 1.79. The number of esters is 1. The number of ether oxygens (including phenoxy) is 1. The molecule has 1 saturated heterocycles. The molecule has 1 amide bonds. The third-order valence-corrected chi connectivity index (χ3v) is 4.54. The van der Waals surface area contributed by atoms with Crippen molar-refractivity contribution in [3.05, 3.63) is 36.0 Å². The van der Waals surface area contributed by atoms with Gasteiger partial charge in [-0.25, -0.2) is 0 Å². The van der Waals surface area contributed by atoms with Gasteiger partial charge in [-0.3, -0.25) is 14.6 Å². The Kier molecular flexibility index (Phi) is 5.16. The SMILES string of the molecule is CCOC(=O)C1CCCN(C(=O)Cc2ccc3cccc(N)c3n2)C1. The molecule has 6 nitrogen and oxygen atoms in total. The number of pyridine rings is 1. The topological polar surface area (TPSA) is 85.5 Å². The molecule has 1 aliphatic rings. The van der Waals surface area contributed by atoms with Gasteiger partial charge in [-0.1, -0.05) is 18.2 Å². The lowest BCUT2D eigenvalue weighted by atomic mass is 9.98. The Balaban J connectivity index is 1.69. The molecule has 1 unspecified atom stereocenters. The van der Waals surface area contributed by atoms with Gasteiger partial charge in [0.1, 0.15) is 0 Å². The van der Waals surface area contributed by atoms with Crippen molar-refractivity contribution in [2.75, 3.05) is 25.4 Å². The number of nitrogen functional groups attached to an aromatic ring is 1. The van der Waals surface area contributed by atoms with Gasteiger partial charge in [0.05, 0.1) is 35.8 Å². The first kappa shape index (κ1) is 17.2. The number of carbonyl (C=O) groups excluding carboxylic acids is 2. The first-order valence-electron chi connectivity index (χ1n) is 8.67. The molecule has 2 aromatic rings. The minimum absolute atomic E-state index is 0.0182. The van der Waals surface area contributed by atoms with E-state index in [-0.39, 0.29) is 24.2 Å². The quantitative estimate of drug-likeness (QED) is 0.680. The molecule has 0 saturated carbocycles. The van der Waals surface area contributed by atoms with Gasteiger partial charge in [0.25, 0.3) is 0 Å². The third kappa shape index (κ3) is 3.90. The lowest BCUT2D eigenvalue weighted by Gasteiger charge is -2.31. The highest BCUT2D eigenvalue weighted by atomic mass is 16.5. The molecule has 1 fully saturated rings. The van der Waals surface area contributed by atoms with Gasteiger partial charge in [0.2, 0.25) is 5.91 Å². The van der Waals surface area contributed by atoms with E-state index in [1.807, 2.05) is 24.3 Å². The summed E-state index contributed by atoms with van der Waals surface area (Å²) >= 11 is 0. The second-order valence-electron chi connectivity index (χ2n) is 6.33. The van der Waals surface area contributed by atoms with E-state index < -0.39 is 0 Å². The number of fused-ring (bicyclic) bond motifs is 1. The number of benzene rings is 1. The van der Waals surface area contributed by atoms with Gasteiger partial charge >= 0.3 is 5.97 Å². The zero-order valence-corrected chi connectivity index (χ0v) is 14.4. The Morgan fingerprint density at radius 1 is 1.32 bits per heavy atom. The van der Waals surface area contributed by atoms with Crippen molar-refractivity contribution < 1.29 is 14.3 Å². The Morgan fingerprint density at radius 2 is 2.16 bits per heavy atom. The number of hydrogen-bond acceptors (Lipinski definition) is 5. The van der Waals surface area contributed by atoms with Crippen LogP contribution in [-0.2, 0) is 20.7 Å². The van der Waals surface area contributed by atoms with Crippen LogP contribution in [0.25, 0.3) is 10.9 Å². The van der Waals surface area contributed by atoms with E-state index >= 15 is 0 Å². The molecule has 0 bridgehead atoms. The Bertz CT molecular complexity index is 791. The molecule has 132 valence electrons. The number of nitrogens with two attached hydrogens (primary N) is 1. The van der Waals surface area contributed by atoms with E-state index in [9.17, 15) is 9.59 Å². The van der Waals surface area contributed by atoms with Gasteiger partial charge in [0.15, 0.2) is 0 Å². The predicted molar refractivity (Wildman–Crippen MR) is 95.8 cm³/mol. The normalized spacial score (nSPS) is 17.5. The minimum Gasteiger partial charge on any atom is -0.466 e. The van der Waals surface area contributed by atoms with Gasteiger partial charge in [-0.15, -0.1) is 0 Å². The molecular weight excluding hydrogens is 318 g/mol. The van der Waals surface area contributed by atoms with Crippen LogP contribution >= 0.6 is 0 Å². The average Bonchev–Trinajstić information content (AvgIpc) is 2.63. The summed E-state index contributed by atoms with van der Waals surface area (Å²) in [7, 11) is 0. The third-order valence-electron chi connectivity index (χ3n) is 4.54. The summed E-state index contributed by atoms with van der Waals surface area (Å²) in [6, 6.07) is 9.41. The van der Waals surface area contributed by atoms with Crippen molar-refractivity contribution in [1.82, 2.24) is 9.88 Å². The van der Waals surface area contributed by atoms with Crippen LogP contribution in [0, 0.1) is 5.92 Å². The number of aromatic nitrogens is 1. The monoisotopic (exact) mass is 341 g/mol. The number of hydrogen-bond donors (Lipinski definition) is 1. The lowest BCUT2D eigenvalue weighted by molar-refractivity contribution is -0.151. The molecule has 1 atom stereocenters. The molecule has 1 aliphatic heterocycles. The van der Waals surface area contributed by atoms with Crippen LogP contribution in [0.1, 0.15) is 25.5 Å². The van der Waals surface area contributed by atoms with E-state index in [2.05, 4.69) is 4.98 Å². The molecular formula is C19H23N3O3. The molecule has 2 heterocycles.